The van der Waals surface area contributed by atoms with Crippen molar-refractivity contribution in [2.75, 3.05) is 10.6 Å². The molecule has 29 heavy (non-hydrogen) atoms. The third kappa shape index (κ3) is 3.90. The normalized spacial score (nSPS) is 10.9. The van der Waals surface area contributed by atoms with E-state index in [0.29, 0.717) is 26.6 Å². The van der Waals surface area contributed by atoms with Gasteiger partial charge in [-0.3, -0.25) is 14.9 Å². The van der Waals surface area contributed by atoms with E-state index >= 15 is 0 Å². The first-order valence-electron chi connectivity index (χ1n) is 8.75. The zero-order valence-electron chi connectivity index (χ0n) is 15.6. The molecule has 8 heteroatoms. The summed E-state index contributed by atoms with van der Waals surface area (Å²) in [6, 6.07) is 12.1. The Balaban J connectivity index is 1.53. The van der Waals surface area contributed by atoms with Crippen molar-refractivity contribution in [1.29, 1.82) is 0 Å². The molecule has 0 aliphatic carbocycles. The molecule has 0 bridgehead atoms. The Hall–Kier alpha value is -3.10. The van der Waals surface area contributed by atoms with Crippen molar-refractivity contribution in [1.82, 2.24) is 4.98 Å². The fourth-order valence-corrected chi connectivity index (χ4v) is 4.85. The molecule has 0 unspecified atom stereocenters. The lowest BCUT2D eigenvalue weighted by Crippen LogP contribution is -2.11. The van der Waals surface area contributed by atoms with E-state index in [4.69, 9.17) is 0 Å². The molecule has 0 spiro atoms. The van der Waals surface area contributed by atoms with Gasteiger partial charge in [0.1, 0.15) is 5.82 Å². The van der Waals surface area contributed by atoms with Crippen LogP contribution in [0.5, 0.6) is 0 Å². The van der Waals surface area contributed by atoms with Gasteiger partial charge in [0, 0.05) is 33.6 Å². The van der Waals surface area contributed by atoms with E-state index in [1.54, 1.807) is 31.2 Å². The summed E-state index contributed by atoms with van der Waals surface area (Å²) in [5.41, 5.74) is 2.93. The van der Waals surface area contributed by atoms with E-state index in [0.717, 1.165) is 16.0 Å². The average molecular weight is 426 g/mol. The molecule has 2 heterocycles. The van der Waals surface area contributed by atoms with E-state index in [2.05, 4.69) is 15.6 Å². The molecule has 0 aliphatic rings. The van der Waals surface area contributed by atoms with Gasteiger partial charge in [-0.25, -0.2) is 9.37 Å². The van der Waals surface area contributed by atoms with Crippen LogP contribution in [-0.2, 0) is 4.79 Å². The highest BCUT2D eigenvalue weighted by Gasteiger charge is 2.19. The van der Waals surface area contributed by atoms with E-state index in [-0.39, 0.29) is 17.6 Å². The smallest absolute Gasteiger partial charge is 0.267 e. The van der Waals surface area contributed by atoms with Crippen molar-refractivity contribution in [3.05, 3.63) is 64.1 Å². The molecule has 0 fully saturated rings. The Kier molecular flexibility index (Phi) is 5.12. The number of rotatable bonds is 4. The average Bonchev–Trinajstić information content (AvgIpc) is 3.27. The SMILES string of the molecule is CC(=O)Nc1ccc(-c2csc(NC(=O)c3sc4cccc(F)c4c3C)n2)cc1. The second kappa shape index (κ2) is 7.73. The third-order valence-electron chi connectivity index (χ3n) is 4.33. The number of fused-ring (bicyclic) bond motifs is 1. The number of aryl methyl sites for hydroxylation is 1. The summed E-state index contributed by atoms with van der Waals surface area (Å²) >= 11 is 2.58. The van der Waals surface area contributed by atoms with Crippen LogP contribution in [0.1, 0.15) is 22.2 Å². The van der Waals surface area contributed by atoms with Gasteiger partial charge in [-0.1, -0.05) is 18.2 Å². The van der Waals surface area contributed by atoms with Crippen molar-refractivity contribution in [2.45, 2.75) is 13.8 Å². The molecule has 2 N–H and O–H groups in total. The van der Waals surface area contributed by atoms with Crippen LogP contribution in [0.15, 0.2) is 47.8 Å². The molecule has 0 atom stereocenters. The summed E-state index contributed by atoms with van der Waals surface area (Å²) in [6.45, 7) is 3.21. The van der Waals surface area contributed by atoms with Crippen molar-refractivity contribution in [2.24, 2.45) is 0 Å². The number of hydrogen-bond acceptors (Lipinski definition) is 5. The predicted molar refractivity (Wildman–Crippen MR) is 116 cm³/mol. The highest BCUT2D eigenvalue weighted by molar-refractivity contribution is 7.21. The Bertz CT molecular complexity index is 1230. The molecule has 0 radical (unpaired) electrons. The van der Waals surface area contributed by atoms with Gasteiger partial charge in [-0.15, -0.1) is 22.7 Å². The topological polar surface area (TPSA) is 71.1 Å². The Morgan fingerprint density at radius 2 is 1.83 bits per heavy atom. The minimum absolute atomic E-state index is 0.132. The number of thiophene rings is 1. The molecule has 2 amide bonds. The molecule has 0 saturated carbocycles. The van der Waals surface area contributed by atoms with Gasteiger partial charge in [0.15, 0.2) is 5.13 Å². The summed E-state index contributed by atoms with van der Waals surface area (Å²) in [6.07, 6.45) is 0. The maximum absolute atomic E-state index is 14.1. The van der Waals surface area contributed by atoms with Gasteiger partial charge < -0.3 is 5.32 Å². The van der Waals surface area contributed by atoms with Crippen LogP contribution in [0.4, 0.5) is 15.2 Å². The van der Waals surface area contributed by atoms with Crippen LogP contribution in [0.2, 0.25) is 0 Å². The van der Waals surface area contributed by atoms with Gasteiger partial charge in [-0.2, -0.15) is 0 Å². The van der Waals surface area contributed by atoms with Gasteiger partial charge in [-0.05, 0) is 36.8 Å². The number of nitrogens with zero attached hydrogens (tertiary/aromatic N) is 1. The third-order valence-corrected chi connectivity index (χ3v) is 6.35. The van der Waals surface area contributed by atoms with Crippen LogP contribution in [0.25, 0.3) is 21.3 Å². The first-order valence-corrected chi connectivity index (χ1v) is 10.4. The van der Waals surface area contributed by atoms with Crippen molar-refractivity contribution in [3.8, 4) is 11.3 Å². The lowest BCUT2D eigenvalue weighted by Gasteiger charge is -2.03. The van der Waals surface area contributed by atoms with E-state index in [1.807, 2.05) is 17.5 Å². The Morgan fingerprint density at radius 3 is 2.52 bits per heavy atom. The second-order valence-electron chi connectivity index (χ2n) is 6.42. The number of thiazole rings is 1. The zero-order valence-corrected chi connectivity index (χ0v) is 17.2. The molecule has 0 aliphatic heterocycles. The summed E-state index contributed by atoms with van der Waals surface area (Å²) in [4.78, 5) is 28.8. The zero-order chi connectivity index (χ0) is 20.5. The lowest BCUT2D eigenvalue weighted by molar-refractivity contribution is -0.114. The molecule has 5 nitrogen and oxygen atoms in total. The van der Waals surface area contributed by atoms with Crippen LogP contribution >= 0.6 is 22.7 Å². The molecule has 0 saturated heterocycles. The number of nitrogens with one attached hydrogen (secondary N) is 2. The number of carbonyl (C=O) groups is 2. The molecule has 2 aromatic heterocycles. The molecular formula is C21H16FN3O2S2. The van der Waals surface area contributed by atoms with Gasteiger partial charge in [0.2, 0.25) is 5.91 Å². The predicted octanol–water partition coefficient (Wildman–Crippen LogP) is 5.68. The fourth-order valence-electron chi connectivity index (χ4n) is 3.02. The largest absolute Gasteiger partial charge is 0.326 e. The monoisotopic (exact) mass is 425 g/mol. The number of halogens is 1. The summed E-state index contributed by atoms with van der Waals surface area (Å²) in [7, 11) is 0. The Morgan fingerprint density at radius 1 is 1.07 bits per heavy atom. The van der Waals surface area contributed by atoms with Gasteiger partial charge in [0.05, 0.1) is 10.6 Å². The van der Waals surface area contributed by atoms with Crippen LogP contribution in [0.3, 0.4) is 0 Å². The quantitative estimate of drug-likeness (QED) is 0.442. The fraction of sp³-hybridized carbons (Fsp3) is 0.0952. The van der Waals surface area contributed by atoms with Gasteiger partial charge in [0.25, 0.3) is 5.91 Å². The van der Waals surface area contributed by atoms with Crippen LogP contribution in [0, 0.1) is 12.7 Å². The van der Waals surface area contributed by atoms with Crippen molar-refractivity contribution >= 4 is 55.4 Å². The number of benzene rings is 2. The maximum atomic E-state index is 14.1. The van der Waals surface area contributed by atoms with Crippen LogP contribution in [-0.4, -0.2) is 16.8 Å². The minimum atomic E-state index is -0.324. The number of anilines is 2. The maximum Gasteiger partial charge on any atom is 0.267 e. The van der Waals surface area contributed by atoms with Crippen LogP contribution < -0.4 is 10.6 Å². The van der Waals surface area contributed by atoms with Gasteiger partial charge >= 0.3 is 0 Å². The number of carbonyl (C=O) groups excluding carboxylic acids is 2. The highest BCUT2D eigenvalue weighted by Crippen LogP contribution is 2.33. The second-order valence-corrected chi connectivity index (χ2v) is 8.33. The lowest BCUT2D eigenvalue weighted by atomic mass is 10.1. The molecule has 4 aromatic rings. The number of amides is 2. The molecule has 4 rings (SSSR count). The van der Waals surface area contributed by atoms with E-state index in [9.17, 15) is 14.0 Å². The van der Waals surface area contributed by atoms with Crippen molar-refractivity contribution < 1.29 is 14.0 Å². The summed E-state index contributed by atoms with van der Waals surface area (Å²) in [5.74, 6) is -0.757. The van der Waals surface area contributed by atoms with E-state index in [1.165, 1.54) is 35.7 Å². The molecule has 146 valence electrons. The molecule has 2 aromatic carbocycles. The summed E-state index contributed by atoms with van der Waals surface area (Å²) < 4.78 is 14.8. The number of aromatic nitrogens is 1. The summed E-state index contributed by atoms with van der Waals surface area (Å²) in [5, 5.41) is 8.32. The molecular weight excluding hydrogens is 409 g/mol. The first kappa shape index (κ1) is 19.2. The van der Waals surface area contributed by atoms with Crippen molar-refractivity contribution in [3.63, 3.8) is 0 Å². The minimum Gasteiger partial charge on any atom is -0.326 e. The Labute approximate surface area is 174 Å². The number of hydrogen-bond donors (Lipinski definition) is 2. The van der Waals surface area contributed by atoms with E-state index < -0.39 is 0 Å². The first-order chi connectivity index (χ1) is 13.9. The standard InChI is InChI=1S/C21H16FN3O2S2/c1-11-18-15(22)4-3-5-17(18)29-19(11)20(27)25-21-24-16(10-28-21)13-6-8-14(9-7-13)23-12(2)26/h3-10H,1-2H3,(H,23,26)(H,24,25,27). The highest BCUT2D eigenvalue weighted by atomic mass is 32.1.